The molecule has 0 amide bonds. The molecule has 3 heteroatoms. The third-order valence-corrected chi connectivity index (χ3v) is 6.64. The van der Waals surface area contributed by atoms with Crippen molar-refractivity contribution in [3.8, 4) is 0 Å². The Bertz CT molecular complexity index is 1430. The predicted octanol–water partition coefficient (Wildman–Crippen LogP) is 5.81. The second kappa shape index (κ2) is 6.85. The molecule has 150 valence electrons. The summed E-state index contributed by atoms with van der Waals surface area (Å²) in [5.41, 5.74) is 14.5. The normalized spacial score (nSPS) is 13.7. The zero-order chi connectivity index (χ0) is 20.9. The van der Waals surface area contributed by atoms with E-state index < -0.39 is 0 Å². The number of nitrogens with zero attached hydrogens (tertiary/aromatic N) is 1. The van der Waals surface area contributed by atoms with Crippen molar-refractivity contribution in [2.24, 2.45) is 5.73 Å². The fourth-order valence-corrected chi connectivity index (χ4v) is 5.22. The van der Waals surface area contributed by atoms with Crippen molar-refractivity contribution in [1.29, 1.82) is 5.41 Å². The third kappa shape index (κ3) is 2.70. The SMILES string of the molecule is N=C(N)c1ccc2c(c1)c1ccccc1n2C1c2ccccc2CCc2ccccc21. The lowest BCUT2D eigenvalue weighted by Crippen LogP contribution is -2.14. The summed E-state index contributed by atoms with van der Waals surface area (Å²) in [4.78, 5) is 0. The molecule has 6 rings (SSSR count). The number of hydrogen-bond acceptors (Lipinski definition) is 1. The number of hydrogen-bond donors (Lipinski definition) is 2. The topological polar surface area (TPSA) is 54.8 Å². The highest BCUT2D eigenvalue weighted by molar-refractivity contribution is 6.11. The zero-order valence-electron chi connectivity index (χ0n) is 17.2. The summed E-state index contributed by atoms with van der Waals surface area (Å²) in [5, 5.41) is 10.3. The maximum absolute atomic E-state index is 7.91. The summed E-state index contributed by atoms with van der Waals surface area (Å²) in [7, 11) is 0. The van der Waals surface area contributed by atoms with Crippen LogP contribution in [0, 0.1) is 5.41 Å². The average Bonchev–Trinajstić information content (AvgIpc) is 3.03. The van der Waals surface area contributed by atoms with E-state index in [0.29, 0.717) is 0 Å². The molecular formula is C28H23N3. The van der Waals surface area contributed by atoms with E-state index in [4.69, 9.17) is 11.1 Å². The van der Waals surface area contributed by atoms with Crippen LogP contribution in [0.5, 0.6) is 0 Å². The molecule has 0 bridgehead atoms. The minimum absolute atomic E-state index is 0.0977. The van der Waals surface area contributed by atoms with Crippen LogP contribution in [0.2, 0.25) is 0 Å². The Balaban J connectivity index is 1.76. The van der Waals surface area contributed by atoms with Crippen molar-refractivity contribution in [3.63, 3.8) is 0 Å². The van der Waals surface area contributed by atoms with Gasteiger partial charge in [-0.3, -0.25) is 5.41 Å². The largest absolute Gasteiger partial charge is 0.384 e. The van der Waals surface area contributed by atoms with Gasteiger partial charge in [-0.05, 0) is 59.4 Å². The monoisotopic (exact) mass is 401 g/mol. The minimum atomic E-state index is 0.0977. The molecule has 4 aromatic carbocycles. The number of aryl methyl sites for hydroxylation is 2. The van der Waals surface area contributed by atoms with Crippen molar-refractivity contribution in [2.75, 3.05) is 0 Å². The maximum Gasteiger partial charge on any atom is 0.122 e. The molecule has 0 saturated carbocycles. The lowest BCUT2D eigenvalue weighted by atomic mass is 9.94. The lowest BCUT2D eigenvalue weighted by molar-refractivity contribution is 0.723. The Morgan fingerprint density at radius 2 is 1.29 bits per heavy atom. The maximum atomic E-state index is 7.91. The Labute approximate surface area is 181 Å². The van der Waals surface area contributed by atoms with Crippen molar-refractivity contribution < 1.29 is 0 Å². The van der Waals surface area contributed by atoms with Crippen LogP contribution in [-0.4, -0.2) is 10.4 Å². The quantitative estimate of drug-likeness (QED) is 0.284. The third-order valence-electron chi connectivity index (χ3n) is 6.64. The first-order valence-electron chi connectivity index (χ1n) is 10.7. The summed E-state index contributed by atoms with van der Waals surface area (Å²) < 4.78 is 2.48. The Morgan fingerprint density at radius 3 is 1.97 bits per heavy atom. The van der Waals surface area contributed by atoms with Gasteiger partial charge in [0.05, 0.1) is 11.6 Å². The van der Waals surface area contributed by atoms with Gasteiger partial charge in [-0.15, -0.1) is 0 Å². The fourth-order valence-electron chi connectivity index (χ4n) is 5.22. The van der Waals surface area contributed by atoms with E-state index in [-0.39, 0.29) is 11.9 Å². The molecule has 0 atom stereocenters. The number of para-hydroxylation sites is 1. The van der Waals surface area contributed by atoms with Gasteiger partial charge in [-0.2, -0.15) is 0 Å². The number of nitrogen functional groups attached to an aromatic ring is 1. The van der Waals surface area contributed by atoms with Gasteiger partial charge in [-0.1, -0.05) is 66.7 Å². The first-order chi connectivity index (χ1) is 15.2. The summed E-state index contributed by atoms with van der Waals surface area (Å²) in [5.74, 6) is 0.101. The van der Waals surface area contributed by atoms with Crippen LogP contribution in [0.25, 0.3) is 21.8 Å². The molecule has 0 unspecified atom stereocenters. The zero-order valence-corrected chi connectivity index (χ0v) is 17.2. The van der Waals surface area contributed by atoms with E-state index in [2.05, 4.69) is 89.5 Å². The molecule has 1 aliphatic carbocycles. The summed E-state index contributed by atoms with van der Waals surface area (Å²) >= 11 is 0. The van der Waals surface area contributed by atoms with Gasteiger partial charge >= 0.3 is 0 Å². The van der Waals surface area contributed by atoms with Crippen molar-refractivity contribution in [1.82, 2.24) is 4.57 Å². The smallest absolute Gasteiger partial charge is 0.122 e. The number of rotatable bonds is 2. The highest BCUT2D eigenvalue weighted by Crippen LogP contribution is 2.41. The molecule has 31 heavy (non-hydrogen) atoms. The molecule has 0 aliphatic heterocycles. The summed E-state index contributed by atoms with van der Waals surface area (Å²) in [6.45, 7) is 0. The number of benzene rings is 4. The summed E-state index contributed by atoms with van der Waals surface area (Å²) in [6.07, 6.45) is 2.10. The van der Waals surface area contributed by atoms with Crippen LogP contribution in [0.3, 0.4) is 0 Å². The first kappa shape index (κ1) is 18.0. The Kier molecular flexibility index (Phi) is 3.97. The van der Waals surface area contributed by atoms with Crippen LogP contribution in [0.4, 0.5) is 0 Å². The van der Waals surface area contributed by atoms with Gasteiger partial charge in [0.1, 0.15) is 5.84 Å². The average molecular weight is 402 g/mol. The molecule has 0 spiro atoms. The van der Waals surface area contributed by atoms with Crippen molar-refractivity contribution >= 4 is 27.6 Å². The Morgan fingerprint density at radius 1 is 0.710 bits per heavy atom. The van der Waals surface area contributed by atoms with Crippen molar-refractivity contribution in [3.05, 3.63) is 119 Å². The second-order valence-electron chi connectivity index (χ2n) is 8.33. The molecule has 3 N–H and O–H groups in total. The molecule has 5 aromatic rings. The number of aromatic nitrogens is 1. The number of nitrogens with one attached hydrogen (secondary N) is 1. The minimum Gasteiger partial charge on any atom is -0.384 e. The molecule has 0 fully saturated rings. The molecule has 1 heterocycles. The molecule has 0 saturated heterocycles. The molecule has 3 nitrogen and oxygen atoms in total. The highest BCUT2D eigenvalue weighted by Gasteiger charge is 2.27. The molecule has 1 aliphatic rings. The Hall–Kier alpha value is -3.85. The lowest BCUT2D eigenvalue weighted by Gasteiger charge is -2.24. The van der Waals surface area contributed by atoms with Crippen LogP contribution in [0.15, 0.2) is 91.0 Å². The van der Waals surface area contributed by atoms with Crippen LogP contribution in [0.1, 0.15) is 33.9 Å². The van der Waals surface area contributed by atoms with Gasteiger partial charge in [0, 0.05) is 21.9 Å². The van der Waals surface area contributed by atoms with Gasteiger partial charge in [0.25, 0.3) is 0 Å². The second-order valence-corrected chi connectivity index (χ2v) is 8.33. The summed E-state index contributed by atoms with van der Waals surface area (Å²) in [6, 6.07) is 32.6. The van der Waals surface area contributed by atoms with Crippen LogP contribution >= 0.6 is 0 Å². The van der Waals surface area contributed by atoms with Gasteiger partial charge in [0.2, 0.25) is 0 Å². The van der Waals surface area contributed by atoms with E-state index in [1.165, 1.54) is 38.7 Å². The standard InChI is InChI=1S/C28H23N3/c29-28(30)20-15-16-26-24(17-20)23-11-5-6-12-25(23)31(26)27-21-9-3-1-7-18(21)13-14-19-8-2-4-10-22(19)27/h1-12,15-17,27H,13-14H2,(H3,29,30). The van der Waals surface area contributed by atoms with E-state index >= 15 is 0 Å². The number of amidine groups is 1. The van der Waals surface area contributed by atoms with E-state index in [0.717, 1.165) is 23.8 Å². The van der Waals surface area contributed by atoms with Gasteiger partial charge in [0.15, 0.2) is 0 Å². The number of fused-ring (bicyclic) bond motifs is 5. The van der Waals surface area contributed by atoms with Gasteiger partial charge < -0.3 is 10.3 Å². The van der Waals surface area contributed by atoms with E-state index in [1.54, 1.807) is 0 Å². The van der Waals surface area contributed by atoms with Crippen molar-refractivity contribution in [2.45, 2.75) is 18.9 Å². The van der Waals surface area contributed by atoms with E-state index in [9.17, 15) is 0 Å². The molecule has 0 radical (unpaired) electrons. The van der Waals surface area contributed by atoms with Crippen LogP contribution in [-0.2, 0) is 12.8 Å². The van der Waals surface area contributed by atoms with Crippen LogP contribution < -0.4 is 5.73 Å². The molecular weight excluding hydrogens is 378 g/mol. The highest BCUT2D eigenvalue weighted by atomic mass is 15.0. The molecule has 1 aromatic heterocycles. The van der Waals surface area contributed by atoms with E-state index in [1.807, 2.05) is 6.07 Å². The van der Waals surface area contributed by atoms with Gasteiger partial charge in [-0.25, -0.2) is 0 Å². The predicted molar refractivity (Wildman–Crippen MR) is 128 cm³/mol. The number of nitrogens with two attached hydrogens (primary N) is 1. The first-order valence-corrected chi connectivity index (χ1v) is 10.7. The fraction of sp³-hybridized carbons (Fsp3) is 0.107.